The van der Waals surface area contributed by atoms with E-state index in [0.29, 0.717) is 16.3 Å². The predicted octanol–water partition coefficient (Wildman–Crippen LogP) is 7.02. The van der Waals surface area contributed by atoms with E-state index in [9.17, 15) is 14.4 Å². The molecule has 0 spiro atoms. The van der Waals surface area contributed by atoms with Crippen molar-refractivity contribution in [1.29, 1.82) is 0 Å². The van der Waals surface area contributed by atoms with Crippen molar-refractivity contribution >= 4 is 79.7 Å². The molecule has 3 aromatic carbocycles. The van der Waals surface area contributed by atoms with E-state index in [0.717, 1.165) is 21.8 Å². The number of nitrogens with zero attached hydrogens (tertiary/aromatic N) is 1. The number of ether oxygens (including phenoxy) is 2. The lowest BCUT2D eigenvalue weighted by Crippen LogP contribution is -2.27. The van der Waals surface area contributed by atoms with Gasteiger partial charge in [0.15, 0.2) is 18.1 Å². The summed E-state index contributed by atoms with van der Waals surface area (Å²) in [4.78, 5) is 39.2. The van der Waals surface area contributed by atoms with Crippen molar-refractivity contribution < 1.29 is 23.9 Å². The lowest BCUT2D eigenvalue weighted by molar-refractivity contribution is -0.123. The number of anilines is 1. The standard InChI is InChI=1S/C26H19BrCl2N2O5S/c1-35-21-11-15(10-20(29)24(21)36-14-23(32)30-18-8-6-17(28)7-9-18)12-22-25(33)31(26(34)37-22)13-16-4-2-3-5-19(16)27/h2-12H,13-14H2,1H3,(H,30,32)/b22-12-. The second kappa shape index (κ2) is 12.0. The average molecular weight is 622 g/mol. The molecule has 11 heteroatoms. The summed E-state index contributed by atoms with van der Waals surface area (Å²) in [5, 5.41) is 3.06. The van der Waals surface area contributed by atoms with Gasteiger partial charge in [0, 0.05) is 15.2 Å². The number of methoxy groups -OCH3 is 1. The number of carbonyl (C=O) groups excluding carboxylic acids is 3. The Bertz CT molecular complexity index is 1400. The Morgan fingerprint density at radius 3 is 2.54 bits per heavy atom. The van der Waals surface area contributed by atoms with Gasteiger partial charge in [-0.1, -0.05) is 57.3 Å². The molecule has 1 aliphatic rings. The van der Waals surface area contributed by atoms with Gasteiger partial charge in [-0.05, 0) is 71.4 Å². The molecular weight excluding hydrogens is 603 g/mol. The highest BCUT2D eigenvalue weighted by Gasteiger charge is 2.35. The third kappa shape index (κ3) is 6.67. The largest absolute Gasteiger partial charge is 0.493 e. The Balaban J connectivity index is 1.47. The second-order valence-electron chi connectivity index (χ2n) is 7.74. The Morgan fingerprint density at radius 1 is 1.11 bits per heavy atom. The van der Waals surface area contributed by atoms with Crippen LogP contribution in [0, 0.1) is 0 Å². The smallest absolute Gasteiger partial charge is 0.293 e. The van der Waals surface area contributed by atoms with E-state index in [-0.39, 0.29) is 39.8 Å². The SMILES string of the molecule is COc1cc(/C=C2\SC(=O)N(Cc3ccccc3Br)C2=O)cc(Cl)c1OCC(=O)Nc1ccc(Cl)cc1. The molecule has 3 amide bonds. The molecule has 1 saturated heterocycles. The summed E-state index contributed by atoms with van der Waals surface area (Å²) in [6, 6.07) is 17.2. The van der Waals surface area contributed by atoms with Gasteiger partial charge >= 0.3 is 0 Å². The van der Waals surface area contributed by atoms with Crippen LogP contribution in [0.25, 0.3) is 6.08 Å². The molecule has 0 radical (unpaired) electrons. The van der Waals surface area contributed by atoms with Gasteiger partial charge in [-0.3, -0.25) is 19.3 Å². The number of carbonyl (C=O) groups is 3. The predicted molar refractivity (Wildman–Crippen MR) is 149 cm³/mol. The van der Waals surface area contributed by atoms with Crippen LogP contribution in [-0.2, 0) is 16.1 Å². The minimum atomic E-state index is -0.403. The lowest BCUT2D eigenvalue weighted by atomic mass is 10.1. The number of nitrogens with one attached hydrogen (secondary N) is 1. The van der Waals surface area contributed by atoms with Gasteiger partial charge in [0.1, 0.15) is 0 Å². The monoisotopic (exact) mass is 620 g/mol. The molecule has 0 saturated carbocycles. The average Bonchev–Trinajstić information content (AvgIpc) is 3.13. The quantitative estimate of drug-likeness (QED) is 0.272. The molecule has 0 unspecified atom stereocenters. The van der Waals surface area contributed by atoms with Crippen LogP contribution in [0.4, 0.5) is 10.5 Å². The third-order valence-corrected chi connectivity index (χ3v) is 7.40. The van der Waals surface area contributed by atoms with Gasteiger partial charge in [0.25, 0.3) is 17.1 Å². The summed E-state index contributed by atoms with van der Waals surface area (Å²) >= 11 is 16.6. The van der Waals surface area contributed by atoms with Crippen LogP contribution in [0.5, 0.6) is 11.5 Å². The molecule has 0 bridgehead atoms. The molecule has 1 N–H and O–H groups in total. The maximum Gasteiger partial charge on any atom is 0.293 e. The van der Waals surface area contributed by atoms with Crippen LogP contribution in [0.2, 0.25) is 10.0 Å². The number of halogens is 3. The number of imide groups is 1. The Hall–Kier alpha value is -2.98. The zero-order chi connectivity index (χ0) is 26.5. The Kier molecular flexibility index (Phi) is 8.81. The van der Waals surface area contributed by atoms with Gasteiger partial charge in [-0.15, -0.1) is 0 Å². The first-order valence-corrected chi connectivity index (χ1v) is 13.2. The van der Waals surface area contributed by atoms with Crippen LogP contribution in [0.15, 0.2) is 70.0 Å². The Morgan fingerprint density at radius 2 is 1.84 bits per heavy atom. The number of thioether (sulfide) groups is 1. The van der Waals surface area contributed by atoms with Crippen molar-refractivity contribution in [3.8, 4) is 11.5 Å². The molecule has 1 heterocycles. The second-order valence-corrected chi connectivity index (χ2v) is 10.4. The molecule has 0 atom stereocenters. The number of benzene rings is 3. The van der Waals surface area contributed by atoms with Crippen molar-refractivity contribution in [1.82, 2.24) is 4.90 Å². The van der Waals surface area contributed by atoms with Gasteiger partial charge < -0.3 is 14.8 Å². The van der Waals surface area contributed by atoms with E-state index in [1.807, 2.05) is 24.3 Å². The molecule has 7 nitrogen and oxygen atoms in total. The highest BCUT2D eigenvalue weighted by molar-refractivity contribution is 9.10. The molecule has 190 valence electrons. The normalized spacial score (nSPS) is 14.3. The van der Waals surface area contributed by atoms with Crippen molar-refractivity contribution in [2.75, 3.05) is 19.0 Å². The van der Waals surface area contributed by atoms with Crippen LogP contribution in [-0.4, -0.2) is 35.7 Å². The minimum absolute atomic E-state index is 0.151. The van der Waals surface area contributed by atoms with Crippen LogP contribution >= 0.6 is 50.9 Å². The molecule has 37 heavy (non-hydrogen) atoms. The van der Waals surface area contributed by atoms with E-state index in [2.05, 4.69) is 21.2 Å². The van der Waals surface area contributed by atoms with Gasteiger partial charge in [-0.2, -0.15) is 0 Å². The zero-order valence-electron chi connectivity index (χ0n) is 19.3. The number of hydrogen-bond donors (Lipinski definition) is 1. The van der Waals surface area contributed by atoms with E-state index >= 15 is 0 Å². The summed E-state index contributed by atoms with van der Waals surface area (Å²) in [6.45, 7) is -0.162. The Labute approximate surface area is 235 Å². The van der Waals surface area contributed by atoms with Gasteiger partial charge in [0.2, 0.25) is 0 Å². The highest BCUT2D eigenvalue weighted by atomic mass is 79.9. The number of hydrogen-bond acceptors (Lipinski definition) is 6. The fourth-order valence-corrected chi connectivity index (χ4v) is 5.06. The maximum atomic E-state index is 12.9. The van der Waals surface area contributed by atoms with Crippen molar-refractivity contribution in [2.45, 2.75) is 6.54 Å². The fraction of sp³-hybridized carbons (Fsp3) is 0.115. The topological polar surface area (TPSA) is 84.9 Å². The van der Waals surface area contributed by atoms with E-state index in [1.54, 1.807) is 42.5 Å². The van der Waals surface area contributed by atoms with Gasteiger partial charge in [0.05, 0.1) is 23.6 Å². The summed E-state index contributed by atoms with van der Waals surface area (Å²) in [5.41, 5.74) is 1.92. The van der Waals surface area contributed by atoms with Crippen LogP contribution in [0.1, 0.15) is 11.1 Å². The van der Waals surface area contributed by atoms with Crippen molar-refractivity contribution in [2.24, 2.45) is 0 Å². The molecule has 1 aliphatic heterocycles. The molecule has 0 aromatic heterocycles. The first-order chi connectivity index (χ1) is 17.7. The van der Waals surface area contributed by atoms with Crippen molar-refractivity contribution in [3.63, 3.8) is 0 Å². The first kappa shape index (κ1) is 27.1. The van der Waals surface area contributed by atoms with E-state index < -0.39 is 11.8 Å². The molecule has 4 rings (SSSR count). The molecule has 1 fully saturated rings. The highest BCUT2D eigenvalue weighted by Crippen LogP contribution is 2.39. The fourth-order valence-electron chi connectivity index (χ4n) is 3.42. The van der Waals surface area contributed by atoms with Crippen LogP contribution < -0.4 is 14.8 Å². The third-order valence-electron chi connectivity index (χ3n) is 5.18. The molecular formula is C26H19BrCl2N2O5S. The van der Waals surface area contributed by atoms with Crippen LogP contribution in [0.3, 0.4) is 0 Å². The minimum Gasteiger partial charge on any atom is -0.493 e. The molecule has 3 aromatic rings. The van der Waals surface area contributed by atoms with Crippen molar-refractivity contribution in [3.05, 3.63) is 91.2 Å². The van der Waals surface area contributed by atoms with E-state index in [1.165, 1.54) is 12.0 Å². The molecule has 0 aliphatic carbocycles. The number of rotatable bonds is 8. The lowest BCUT2D eigenvalue weighted by Gasteiger charge is -2.14. The van der Waals surface area contributed by atoms with Gasteiger partial charge in [-0.25, -0.2) is 0 Å². The summed E-state index contributed by atoms with van der Waals surface area (Å²) in [6.07, 6.45) is 1.57. The zero-order valence-corrected chi connectivity index (χ0v) is 23.2. The summed E-state index contributed by atoms with van der Waals surface area (Å²) in [5.74, 6) is -0.358. The maximum absolute atomic E-state index is 12.9. The first-order valence-electron chi connectivity index (χ1n) is 10.8. The number of amides is 3. The summed E-state index contributed by atoms with van der Waals surface area (Å²) < 4.78 is 11.8. The van der Waals surface area contributed by atoms with E-state index in [4.69, 9.17) is 32.7 Å². The summed E-state index contributed by atoms with van der Waals surface area (Å²) in [7, 11) is 1.43.